The fourth-order valence-electron chi connectivity index (χ4n) is 4.30. The molecule has 0 fully saturated rings. The highest BCUT2D eigenvalue weighted by Gasteiger charge is 2.22. The van der Waals surface area contributed by atoms with E-state index in [0.29, 0.717) is 5.82 Å². The smallest absolute Gasteiger partial charge is 0.162 e. The summed E-state index contributed by atoms with van der Waals surface area (Å²) in [6.45, 7) is 2.51. The Balaban J connectivity index is 1.28. The maximum Gasteiger partial charge on any atom is 0.162 e. The summed E-state index contributed by atoms with van der Waals surface area (Å²) in [7, 11) is 0. The zero-order valence-electron chi connectivity index (χ0n) is 18.5. The molecule has 8 nitrogen and oxygen atoms in total. The summed E-state index contributed by atoms with van der Waals surface area (Å²) in [5, 5.41) is 4.93. The van der Waals surface area contributed by atoms with Crippen LogP contribution in [0.2, 0.25) is 0 Å². The van der Waals surface area contributed by atoms with Gasteiger partial charge < -0.3 is 0 Å². The highest BCUT2D eigenvalue weighted by molar-refractivity contribution is 5.62. The van der Waals surface area contributed by atoms with Gasteiger partial charge >= 0.3 is 0 Å². The first-order chi connectivity index (χ1) is 16.8. The lowest BCUT2D eigenvalue weighted by atomic mass is 10.0. The minimum atomic E-state index is 0.678. The van der Waals surface area contributed by atoms with E-state index < -0.39 is 0 Å². The molecule has 0 spiro atoms. The van der Waals surface area contributed by atoms with Crippen LogP contribution in [0.25, 0.3) is 28.3 Å². The number of para-hydroxylation sites is 1. The van der Waals surface area contributed by atoms with Crippen molar-refractivity contribution in [3.63, 3.8) is 0 Å². The zero-order chi connectivity index (χ0) is 22.7. The monoisotopic (exact) mass is 446 g/mol. The van der Waals surface area contributed by atoms with Crippen LogP contribution in [0.15, 0.2) is 86.0 Å². The van der Waals surface area contributed by atoms with Crippen molar-refractivity contribution in [2.45, 2.75) is 19.5 Å². The second-order valence-corrected chi connectivity index (χ2v) is 8.27. The van der Waals surface area contributed by atoms with Gasteiger partial charge in [0.1, 0.15) is 6.33 Å². The molecule has 166 valence electrons. The van der Waals surface area contributed by atoms with Crippen molar-refractivity contribution in [2.24, 2.45) is 0 Å². The molecule has 1 aliphatic heterocycles. The Labute approximate surface area is 197 Å². The topological polar surface area (TPSA) is 85.5 Å². The highest BCUT2D eigenvalue weighted by Crippen LogP contribution is 2.27. The van der Waals surface area contributed by atoms with Crippen LogP contribution in [0, 0.1) is 0 Å². The van der Waals surface area contributed by atoms with Crippen molar-refractivity contribution in [2.75, 3.05) is 6.54 Å². The molecule has 0 amide bonds. The summed E-state index contributed by atoms with van der Waals surface area (Å²) in [6.07, 6.45) is 13.6. The second kappa shape index (κ2) is 8.92. The molecule has 34 heavy (non-hydrogen) atoms. The number of pyridine rings is 1. The van der Waals surface area contributed by atoms with Gasteiger partial charge in [-0.2, -0.15) is 5.10 Å². The molecule has 8 heteroatoms. The molecule has 0 unspecified atom stereocenters. The molecule has 1 aromatic carbocycles. The molecule has 5 aromatic rings. The average Bonchev–Trinajstić information content (AvgIpc) is 3.33. The van der Waals surface area contributed by atoms with Crippen molar-refractivity contribution in [1.82, 2.24) is 39.6 Å². The maximum atomic E-state index is 4.93. The first-order valence-corrected chi connectivity index (χ1v) is 11.2. The molecule has 1 aliphatic rings. The second-order valence-electron chi connectivity index (χ2n) is 8.27. The lowest BCUT2D eigenvalue weighted by Crippen LogP contribution is -2.31. The molecule has 0 aliphatic carbocycles. The quantitative estimate of drug-likeness (QED) is 0.407. The number of aromatic nitrogens is 7. The van der Waals surface area contributed by atoms with Gasteiger partial charge in [0.05, 0.1) is 22.6 Å². The van der Waals surface area contributed by atoms with Gasteiger partial charge in [-0.1, -0.05) is 18.2 Å². The summed E-state index contributed by atoms with van der Waals surface area (Å²) in [5.41, 5.74) is 7.36. The van der Waals surface area contributed by atoms with E-state index in [9.17, 15) is 0 Å². The van der Waals surface area contributed by atoms with E-state index in [4.69, 9.17) is 10.1 Å². The standard InChI is InChI=1S/C26H22N8/c1-2-4-23(5-3-1)34-17-22(25(32-34)19-6-9-27-10-7-19)16-33-11-8-24-21(15-33)14-30-26(31-24)20-12-28-18-29-13-20/h1-7,9-10,12-14,17-18H,8,11,15-16H2. The third kappa shape index (κ3) is 4.06. The molecule has 0 atom stereocenters. The van der Waals surface area contributed by atoms with Gasteiger partial charge in [-0.3, -0.25) is 9.88 Å². The van der Waals surface area contributed by atoms with E-state index >= 15 is 0 Å². The fourth-order valence-corrected chi connectivity index (χ4v) is 4.30. The number of benzene rings is 1. The number of rotatable bonds is 5. The summed E-state index contributed by atoms with van der Waals surface area (Å²) in [4.78, 5) is 24.1. The highest BCUT2D eigenvalue weighted by atomic mass is 15.3. The SMILES string of the molecule is c1ccc(-n2cc(CN3CCc4nc(-c5cncnc5)ncc4C3)c(-c3ccncc3)n2)cc1. The van der Waals surface area contributed by atoms with Gasteiger partial charge in [0.25, 0.3) is 0 Å². The van der Waals surface area contributed by atoms with Gasteiger partial charge in [-0.25, -0.2) is 24.6 Å². The summed E-state index contributed by atoms with van der Waals surface area (Å²) in [5.74, 6) is 0.678. The van der Waals surface area contributed by atoms with Gasteiger partial charge in [-0.05, 0) is 24.3 Å². The van der Waals surface area contributed by atoms with Crippen molar-refractivity contribution >= 4 is 0 Å². The predicted octanol–water partition coefficient (Wildman–Crippen LogP) is 3.74. The third-order valence-electron chi connectivity index (χ3n) is 5.99. The van der Waals surface area contributed by atoms with Crippen LogP contribution in [0.4, 0.5) is 0 Å². The summed E-state index contributed by atoms with van der Waals surface area (Å²) in [6, 6.07) is 14.2. The largest absolute Gasteiger partial charge is 0.294 e. The van der Waals surface area contributed by atoms with Crippen LogP contribution in [0.3, 0.4) is 0 Å². The Kier molecular flexibility index (Phi) is 5.33. The molecule has 0 N–H and O–H groups in total. The number of hydrogen-bond acceptors (Lipinski definition) is 7. The molecule has 5 heterocycles. The lowest BCUT2D eigenvalue weighted by molar-refractivity contribution is 0.243. The van der Waals surface area contributed by atoms with E-state index in [1.54, 1.807) is 12.4 Å². The van der Waals surface area contributed by atoms with Crippen LogP contribution in [-0.2, 0) is 19.5 Å². The normalized spacial score (nSPS) is 13.5. The molecular weight excluding hydrogens is 424 g/mol. The van der Waals surface area contributed by atoms with Crippen LogP contribution in [0.5, 0.6) is 0 Å². The number of fused-ring (bicyclic) bond motifs is 1. The summed E-state index contributed by atoms with van der Waals surface area (Å²) >= 11 is 0. The maximum absolute atomic E-state index is 4.93. The minimum Gasteiger partial charge on any atom is -0.294 e. The number of hydrogen-bond donors (Lipinski definition) is 0. The van der Waals surface area contributed by atoms with Gasteiger partial charge in [0.2, 0.25) is 0 Å². The van der Waals surface area contributed by atoms with Crippen molar-refractivity contribution < 1.29 is 0 Å². The van der Waals surface area contributed by atoms with E-state index in [0.717, 1.165) is 59.8 Å². The van der Waals surface area contributed by atoms with Gasteiger partial charge in [0.15, 0.2) is 5.82 Å². The van der Waals surface area contributed by atoms with E-state index in [2.05, 4.69) is 43.2 Å². The Hall–Kier alpha value is -4.30. The first-order valence-electron chi connectivity index (χ1n) is 11.2. The van der Waals surface area contributed by atoms with Crippen molar-refractivity contribution in [1.29, 1.82) is 0 Å². The average molecular weight is 447 g/mol. The molecule has 4 aromatic heterocycles. The Morgan fingerprint density at radius 3 is 2.50 bits per heavy atom. The molecular formula is C26H22N8. The van der Waals surface area contributed by atoms with E-state index in [1.807, 2.05) is 53.6 Å². The molecule has 0 saturated carbocycles. The van der Waals surface area contributed by atoms with Crippen LogP contribution in [0.1, 0.15) is 16.8 Å². The van der Waals surface area contributed by atoms with Crippen LogP contribution >= 0.6 is 0 Å². The van der Waals surface area contributed by atoms with Crippen molar-refractivity contribution in [3.8, 4) is 28.3 Å². The predicted molar refractivity (Wildman–Crippen MR) is 128 cm³/mol. The van der Waals surface area contributed by atoms with Crippen LogP contribution < -0.4 is 0 Å². The molecule has 0 radical (unpaired) electrons. The van der Waals surface area contributed by atoms with Crippen LogP contribution in [-0.4, -0.2) is 46.1 Å². The Bertz CT molecular complexity index is 1400. The molecule has 0 saturated heterocycles. The fraction of sp³-hybridized carbons (Fsp3) is 0.154. The van der Waals surface area contributed by atoms with Gasteiger partial charge in [0, 0.05) is 79.9 Å². The number of nitrogens with zero attached hydrogens (tertiary/aromatic N) is 8. The third-order valence-corrected chi connectivity index (χ3v) is 5.99. The molecule has 0 bridgehead atoms. The lowest BCUT2D eigenvalue weighted by Gasteiger charge is -2.28. The van der Waals surface area contributed by atoms with E-state index in [1.165, 1.54) is 11.9 Å². The Morgan fingerprint density at radius 1 is 0.853 bits per heavy atom. The first kappa shape index (κ1) is 20.3. The van der Waals surface area contributed by atoms with E-state index in [-0.39, 0.29) is 0 Å². The minimum absolute atomic E-state index is 0.678. The Morgan fingerprint density at radius 2 is 1.68 bits per heavy atom. The summed E-state index contributed by atoms with van der Waals surface area (Å²) < 4.78 is 1.96. The molecule has 6 rings (SSSR count). The van der Waals surface area contributed by atoms with Crippen molar-refractivity contribution in [3.05, 3.63) is 103 Å². The van der Waals surface area contributed by atoms with Gasteiger partial charge in [-0.15, -0.1) is 0 Å². The zero-order valence-corrected chi connectivity index (χ0v) is 18.5.